The molecule has 0 bridgehead atoms. The van der Waals surface area contributed by atoms with Gasteiger partial charge in [0.25, 0.3) is 0 Å². The summed E-state index contributed by atoms with van der Waals surface area (Å²) >= 11 is 0. The van der Waals surface area contributed by atoms with Crippen molar-refractivity contribution in [3.63, 3.8) is 0 Å². The van der Waals surface area contributed by atoms with Crippen molar-refractivity contribution in [2.45, 2.75) is 52.0 Å². The Morgan fingerprint density at radius 3 is 2.00 bits per heavy atom. The van der Waals surface area contributed by atoms with Gasteiger partial charge in [0.05, 0.1) is 19.6 Å². The summed E-state index contributed by atoms with van der Waals surface area (Å²) in [5.74, 6) is -1.19. The molecule has 188 valence electrons. The number of amides is 3. The number of hydrogen-bond donors (Lipinski definition) is 5. The predicted molar refractivity (Wildman–Crippen MR) is 133 cm³/mol. The maximum Gasteiger partial charge on any atom is 0.491 e. The molecule has 2 aromatic rings. The number of nitrogens with one attached hydrogen (secondary N) is 3. The monoisotopic (exact) mass is 495 g/mol. The van der Waals surface area contributed by atoms with Gasteiger partial charge >= 0.3 is 20.3 Å². The zero-order chi connectivity index (χ0) is 26.0. The third-order valence-corrected chi connectivity index (χ3v) is 5.57. The zero-order valence-corrected chi connectivity index (χ0v) is 20.2. The summed E-state index contributed by atoms with van der Waals surface area (Å²) in [4.78, 5) is 38.3. The van der Waals surface area contributed by atoms with Gasteiger partial charge in [0, 0.05) is 11.4 Å². The van der Waals surface area contributed by atoms with Crippen LogP contribution >= 0.6 is 0 Å². The van der Waals surface area contributed by atoms with Gasteiger partial charge in [-0.3, -0.25) is 9.59 Å². The smallest absolute Gasteiger partial charge is 0.444 e. The lowest BCUT2D eigenvalue weighted by atomic mass is 9.79. The molecule has 2 aliphatic rings. The van der Waals surface area contributed by atoms with Crippen LogP contribution in [0.25, 0.3) is 0 Å². The number of fused-ring (bicyclic) bond motifs is 2. The van der Waals surface area contributed by atoms with Crippen LogP contribution in [0.5, 0.6) is 0 Å². The maximum absolute atomic E-state index is 13.1. The lowest BCUT2D eigenvalue weighted by molar-refractivity contribution is -0.123. The minimum absolute atomic E-state index is 0.263. The van der Waals surface area contributed by atoms with Gasteiger partial charge in [-0.1, -0.05) is 12.1 Å². The van der Waals surface area contributed by atoms with Gasteiger partial charge in [0.2, 0.25) is 11.8 Å². The largest absolute Gasteiger partial charge is 0.491 e. The predicted octanol–water partition coefficient (Wildman–Crippen LogP) is -0.0174. The Labute approximate surface area is 208 Å². The van der Waals surface area contributed by atoms with E-state index in [0.29, 0.717) is 22.3 Å². The number of carbonyl (C=O) groups excluding carboxylic acids is 3. The summed E-state index contributed by atoms with van der Waals surface area (Å²) < 4.78 is 15.6. The number of hydrogen-bond acceptors (Lipinski definition) is 8. The lowest BCUT2D eigenvalue weighted by Crippen LogP contribution is -2.47. The Bertz CT molecular complexity index is 1190. The molecule has 13 heteroatoms. The molecule has 11 nitrogen and oxygen atoms in total. The van der Waals surface area contributed by atoms with Crippen LogP contribution in [-0.4, -0.2) is 53.8 Å². The Morgan fingerprint density at radius 2 is 1.47 bits per heavy atom. The molecule has 0 spiro atoms. The van der Waals surface area contributed by atoms with E-state index < -0.39 is 50.2 Å². The Morgan fingerprint density at radius 1 is 0.944 bits per heavy atom. The van der Waals surface area contributed by atoms with Crippen LogP contribution in [-0.2, 0) is 36.8 Å². The van der Waals surface area contributed by atoms with Crippen molar-refractivity contribution in [1.29, 1.82) is 0 Å². The molecular formula is C23H27B2N3O8. The molecule has 3 amide bonds. The van der Waals surface area contributed by atoms with E-state index >= 15 is 0 Å². The molecule has 0 saturated carbocycles. The highest BCUT2D eigenvalue weighted by Gasteiger charge is 2.31. The minimum atomic E-state index is -1.27. The summed E-state index contributed by atoms with van der Waals surface area (Å²) in [6.07, 6.45) is -1.25. The normalized spacial score (nSPS) is 15.1. The van der Waals surface area contributed by atoms with Gasteiger partial charge in [-0.15, -0.1) is 0 Å². The molecule has 2 heterocycles. The molecule has 1 atom stereocenters. The molecule has 0 aliphatic carbocycles. The summed E-state index contributed by atoms with van der Waals surface area (Å²) in [7, 11) is -2.16. The number of alkyl carbamates (subject to hydrolysis) is 1. The SMILES string of the molecule is CC(C)(C)OC(=O)N[C@@H](CC(=O)Nc1ccc2c(c1)B(O)OC2)C(=O)Nc1ccc2c(c1)B(O)OC2. The first-order chi connectivity index (χ1) is 17.0. The summed E-state index contributed by atoms with van der Waals surface area (Å²) in [6, 6.07) is 8.66. The molecule has 36 heavy (non-hydrogen) atoms. The number of anilines is 2. The van der Waals surface area contributed by atoms with Crippen LogP contribution in [0.2, 0.25) is 0 Å². The quantitative estimate of drug-likeness (QED) is 0.351. The van der Waals surface area contributed by atoms with Gasteiger partial charge in [0.1, 0.15) is 11.6 Å². The van der Waals surface area contributed by atoms with Crippen LogP contribution in [0, 0.1) is 0 Å². The van der Waals surface area contributed by atoms with Gasteiger partial charge in [-0.2, -0.15) is 0 Å². The molecule has 0 fully saturated rings. The van der Waals surface area contributed by atoms with E-state index in [1.165, 1.54) is 0 Å². The first-order valence-electron chi connectivity index (χ1n) is 11.4. The van der Waals surface area contributed by atoms with Gasteiger partial charge in [-0.05, 0) is 67.1 Å². The van der Waals surface area contributed by atoms with Crippen molar-refractivity contribution in [2.24, 2.45) is 0 Å². The number of ether oxygens (including phenoxy) is 1. The van der Waals surface area contributed by atoms with Gasteiger partial charge in [0.15, 0.2) is 0 Å². The van der Waals surface area contributed by atoms with Crippen molar-refractivity contribution in [3.8, 4) is 0 Å². The van der Waals surface area contributed by atoms with E-state index in [2.05, 4.69) is 16.0 Å². The van der Waals surface area contributed by atoms with Gasteiger partial charge < -0.3 is 40.0 Å². The van der Waals surface area contributed by atoms with Crippen molar-refractivity contribution < 1.29 is 38.5 Å². The zero-order valence-electron chi connectivity index (χ0n) is 20.2. The Hall–Kier alpha value is -3.38. The van der Waals surface area contributed by atoms with Crippen LogP contribution in [0.4, 0.5) is 16.2 Å². The fraction of sp³-hybridized carbons (Fsp3) is 0.348. The van der Waals surface area contributed by atoms with E-state index in [-0.39, 0.29) is 13.2 Å². The van der Waals surface area contributed by atoms with Crippen molar-refractivity contribution in [2.75, 3.05) is 10.6 Å². The average Bonchev–Trinajstić information content (AvgIpc) is 3.34. The number of benzene rings is 2. The fourth-order valence-electron chi connectivity index (χ4n) is 3.87. The highest BCUT2D eigenvalue weighted by atomic mass is 16.6. The third-order valence-electron chi connectivity index (χ3n) is 5.57. The fourth-order valence-corrected chi connectivity index (χ4v) is 3.87. The first kappa shape index (κ1) is 25.7. The molecule has 2 aliphatic heterocycles. The Balaban J connectivity index is 1.46. The third kappa shape index (κ3) is 6.24. The second kappa shape index (κ2) is 10.3. The lowest BCUT2D eigenvalue weighted by Gasteiger charge is -2.23. The average molecular weight is 495 g/mol. The number of carbonyl (C=O) groups is 3. The van der Waals surface area contributed by atoms with E-state index in [9.17, 15) is 24.4 Å². The highest BCUT2D eigenvalue weighted by molar-refractivity contribution is 6.62. The van der Waals surface area contributed by atoms with Gasteiger partial charge in [-0.25, -0.2) is 4.79 Å². The Kier molecular flexibility index (Phi) is 7.36. The first-order valence-corrected chi connectivity index (χ1v) is 11.4. The number of rotatable bonds is 6. The van der Waals surface area contributed by atoms with Crippen molar-refractivity contribution in [1.82, 2.24) is 5.32 Å². The summed E-state index contributed by atoms with van der Waals surface area (Å²) in [5, 5.41) is 27.6. The molecule has 0 saturated heterocycles. The van der Waals surface area contributed by atoms with E-state index in [4.69, 9.17) is 14.0 Å². The molecule has 2 aromatic carbocycles. The standard InChI is InChI=1S/C23H27B2N3O8/c1-23(2,3)36-22(31)28-19(21(30)27-16-7-5-14-12-35-25(33)18(14)9-16)10-20(29)26-15-6-4-13-11-34-24(32)17(13)8-15/h4-9,19,32-33H,10-12H2,1-3H3,(H,26,29)(H,27,30)(H,28,31)/t19-/m0/s1. The van der Waals surface area contributed by atoms with Crippen LogP contribution in [0.1, 0.15) is 38.3 Å². The van der Waals surface area contributed by atoms with Crippen LogP contribution in [0.15, 0.2) is 36.4 Å². The molecule has 4 rings (SSSR count). The molecule has 0 radical (unpaired) electrons. The molecule has 5 N–H and O–H groups in total. The van der Waals surface area contributed by atoms with Crippen LogP contribution < -0.4 is 26.9 Å². The van der Waals surface area contributed by atoms with Crippen LogP contribution in [0.3, 0.4) is 0 Å². The van der Waals surface area contributed by atoms with E-state index in [0.717, 1.165) is 11.1 Å². The minimum Gasteiger partial charge on any atom is -0.444 e. The summed E-state index contributed by atoms with van der Waals surface area (Å²) in [5.41, 5.74) is 2.67. The molecule has 0 unspecified atom stereocenters. The van der Waals surface area contributed by atoms with E-state index in [1.807, 2.05) is 0 Å². The topological polar surface area (TPSA) is 155 Å². The van der Waals surface area contributed by atoms with E-state index in [1.54, 1.807) is 57.2 Å². The second-order valence-corrected chi connectivity index (χ2v) is 9.59. The summed E-state index contributed by atoms with van der Waals surface area (Å²) in [6.45, 7) is 5.58. The highest BCUT2D eigenvalue weighted by Crippen LogP contribution is 2.17. The second-order valence-electron chi connectivity index (χ2n) is 9.59. The van der Waals surface area contributed by atoms with Crippen molar-refractivity contribution in [3.05, 3.63) is 47.5 Å². The van der Waals surface area contributed by atoms with Crippen molar-refractivity contribution >= 4 is 54.4 Å². The maximum atomic E-state index is 13.1. The molecule has 0 aromatic heterocycles. The molecular weight excluding hydrogens is 468 g/mol.